The van der Waals surface area contributed by atoms with E-state index >= 15 is 0 Å². The molecule has 5 heteroatoms. The largest absolute Gasteiger partial charge is 0.366 e. The molecule has 0 fully saturated rings. The van der Waals surface area contributed by atoms with Crippen LogP contribution in [0.4, 0.5) is 0 Å². The van der Waals surface area contributed by atoms with Crippen molar-refractivity contribution in [2.24, 2.45) is 4.99 Å². The van der Waals surface area contributed by atoms with Gasteiger partial charge in [0.1, 0.15) is 0 Å². The van der Waals surface area contributed by atoms with Gasteiger partial charge in [-0.3, -0.25) is 0 Å². The highest BCUT2D eigenvalue weighted by atomic mass is 35.5. The van der Waals surface area contributed by atoms with Gasteiger partial charge in [-0.1, -0.05) is 23.7 Å². The van der Waals surface area contributed by atoms with Gasteiger partial charge in [0, 0.05) is 26.2 Å². The van der Waals surface area contributed by atoms with E-state index in [0.29, 0.717) is 6.02 Å². The van der Waals surface area contributed by atoms with Gasteiger partial charge in [-0.05, 0) is 17.7 Å². The van der Waals surface area contributed by atoms with Gasteiger partial charge >= 0.3 is 6.02 Å². The number of hydroxylamine groups is 2. The fourth-order valence-electron chi connectivity index (χ4n) is 1.50. The molecule has 0 amide bonds. The zero-order valence-corrected chi connectivity index (χ0v) is 10.3. The second-order valence-electron chi connectivity index (χ2n) is 3.87. The van der Waals surface area contributed by atoms with Crippen molar-refractivity contribution in [2.45, 2.75) is 6.17 Å². The van der Waals surface area contributed by atoms with Crippen LogP contribution in [0.15, 0.2) is 29.3 Å². The first-order valence-corrected chi connectivity index (χ1v) is 5.37. The molecule has 4 nitrogen and oxygen atoms in total. The smallest absolute Gasteiger partial charge is 0.309 e. The number of rotatable bonds is 1. The molecule has 0 radical (unpaired) electrons. The Morgan fingerprint density at radius 1 is 1.31 bits per heavy atom. The average molecular weight is 240 g/mol. The Morgan fingerprint density at radius 3 is 2.44 bits per heavy atom. The lowest BCUT2D eigenvalue weighted by Gasteiger charge is -2.16. The van der Waals surface area contributed by atoms with Gasteiger partial charge in [0.25, 0.3) is 0 Å². The topological polar surface area (TPSA) is 28.1 Å². The summed E-state index contributed by atoms with van der Waals surface area (Å²) < 4.78 is 0. The van der Waals surface area contributed by atoms with Crippen LogP contribution in [0.1, 0.15) is 11.7 Å². The Labute approximate surface area is 100 Å². The molecule has 0 saturated carbocycles. The summed E-state index contributed by atoms with van der Waals surface area (Å²) in [6, 6.07) is 8.23. The van der Waals surface area contributed by atoms with Gasteiger partial charge in [-0.25, -0.2) is 4.99 Å². The maximum atomic E-state index is 5.84. The summed E-state index contributed by atoms with van der Waals surface area (Å²) >= 11 is 5.84. The van der Waals surface area contributed by atoms with E-state index in [2.05, 4.69) is 4.99 Å². The quantitative estimate of drug-likeness (QED) is 0.752. The molecule has 0 aromatic heterocycles. The molecule has 0 N–H and O–H groups in total. The zero-order chi connectivity index (χ0) is 11.7. The third-order valence-corrected chi connectivity index (χ3v) is 2.61. The Hall–Kier alpha value is -1.26. The average Bonchev–Trinajstić information content (AvgIpc) is 2.62. The Kier molecular flexibility index (Phi) is 3.03. The Bertz CT molecular complexity index is 402. The van der Waals surface area contributed by atoms with Crippen molar-refractivity contribution in [2.75, 3.05) is 21.1 Å². The minimum Gasteiger partial charge on any atom is -0.366 e. The van der Waals surface area contributed by atoms with Crippen LogP contribution in [0.3, 0.4) is 0 Å². The lowest BCUT2D eigenvalue weighted by Crippen LogP contribution is -2.26. The molecule has 1 aliphatic rings. The number of nitrogens with zero attached hydrogens (tertiary/aromatic N) is 3. The molecular formula is C11H14ClN3O. The fraction of sp³-hybridized carbons (Fsp3) is 0.364. The molecule has 0 aliphatic carbocycles. The fourth-order valence-corrected chi connectivity index (χ4v) is 1.63. The SMILES string of the molecule is CN(C)C1=N[C@@H](c2ccc(Cl)cc2)N(C)O1. The van der Waals surface area contributed by atoms with Gasteiger partial charge in [0.2, 0.25) is 0 Å². The first-order valence-electron chi connectivity index (χ1n) is 4.99. The number of hydrogen-bond acceptors (Lipinski definition) is 4. The van der Waals surface area contributed by atoms with Gasteiger partial charge in [0.15, 0.2) is 6.17 Å². The van der Waals surface area contributed by atoms with Crippen molar-refractivity contribution in [1.29, 1.82) is 0 Å². The maximum Gasteiger partial charge on any atom is 0.309 e. The zero-order valence-electron chi connectivity index (χ0n) is 9.51. The summed E-state index contributed by atoms with van der Waals surface area (Å²) in [4.78, 5) is 11.8. The number of hydrogen-bond donors (Lipinski definition) is 0. The monoisotopic (exact) mass is 239 g/mol. The molecule has 16 heavy (non-hydrogen) atoms. The summed E-state index contributed by atoms with van der Waals surface area (Å²) in [6.45, 7) is 0. The molecule has 0 unspecified atom stereocenters. The van der Waals surface area contributed by atoms with Crippen LogP contribution in [0.2, 0.25) is 5.02 Å². The summed E-state index contributed by atoms with van der Waals surface area (Å²) in [5.74, 6) is 0. The maximum absolute atomic E-state index is 5.84. The third kappa shape index (κ3) is 2.13. The summed E-state index contributed by atoms with van der Waals surface area (Å²) in [6.07, 6.45) is -0.102. The van der Waals surface area contributed by atoms with Crippen LogP contribution < -0.4 is 0 Å². The Morgan fingerprint density at radius 2 is 1.94 bits per heavy atom. The highest BCUT2D eigenvalue weighted by Gasteiger charge is 2.27. The van der Waals surface area contributed by atoms with Gasteiger partial charge in [-0.15, -0.1) is 5.06 Å². The molecule has 2 rings (SSSR count). The molecule has 0 spiro atoms. The third-order valence-electron chi connectivity index (χ3n) is 2.35. The normalized spacial score (nSPS) is 20.5. The molecule has 86 valence electrons. The lowest BCUT2D eigenvalue weighted by atomic mass is 10.2. The van der Waals surface area contributed by atoms with E-state index in [4.69, 9.17) is 16.4 Å². The predicted octanol–water partition coefficient (Wildman–Crippen LogP) is 2.13. The summed E-state index contributed by atoms with van der Waals surface area (Å²) in [7, 11) is 5.66. The minimum atomic E-state index is -0.102. The van der Waals surface area contributed by atoms with Crippen molar-refractivity contribution in [3.05, 3.63) is 34.9 Å². The molecule has 1 aliphatic heterocycles. The lowest BCUT2D eigenvalue weighted by molar-refractivity contribution is -0.0664. The number of amidine groups is 1. The van der Waals surface area contributed by atoms with Gasteiger partial charge < -0.3 is 9.74 Å². The second-order valence-corrected chi connectivity index (χ2v) is 4.31. The molecule has 1 heterocycles. The van der Waals surface area contributed by atoms with Gasteiger partial charge in [-0.2, -0.15) is 0 Å². The van der Waals surface area contributed by atoms with E-state index < -0.39 is 0 Å². The van der Waals surface area contributed by atoms with Crippen LogP contribution in [0.25, 0.3) is 0 Å². The van der Waals surface area contributed by atoms with E-state index in [1.54, 1.807) is 5.06 Å². The van der Waals surface area contributed by atoms with E-state index in [-0.39, 0.29) is 6.17 Å². The number of aliphatic imine (C=N–C) groups is 1. The van der Waals surface area contributed by atoms with Crippen molar-refractivity contribution in [1.82, 2.24) is 9.96 Å². The second kappa shape index (κ2) is 4.31. The van der Waals surface area contributed by atoms with Crippen LogP contribution >= 0.6 is 11.6 Å². The Balaban J connectivity index is 2.24. The van der Waals surface area contributed by atoms with E-state index in [0.717, 1.165) is 10.6 Å². The standard InChI is InChI=1S/C11H14ClN3O/c1-14(2)11-13-10(15(3)16-11)8-4-6-9(12)7-5-8/h4-7,10H,1-3H3/t10-/m1/s1. The number of benzene rings is 1. The van der Waals surface area contributed by atoms with Crippen molar-refractivity contribution >= 4 is 17.6 Å². The van der Waals surface area contributed by atoms with E-state index in [1.165, 1.54) is 0 Å². The van der Waals surface area contributed by atoms with Crippen LogP contribution in [0.5, 0.6) is 0 Å². The molecule has 1 aromatic rings. The van der Waals surface area contributed by atoms with Crippen molar-refractivity contribution in [3.63, 3.8) is 0 Å². The van der Waals surface area contributed by atoms with Crippen LogP contribution in [-0.2, 0) is 4.84 Å². The highest BCUT2D eigenvalue weighted by molar-refractivity contribution is 6.30. The van der Waals surface area contributed by atoms with Gasteiger partial charge in [0.05, 0.1) is 0 Å². The van der Waals surface area contributed by atoms with Crippen molar-refractivity contribution in [3.8, 4) is 0 Å². The summed E-state index contributed by atoms with van der Waals surface area (Å²) in [5, 5.41) is 2.45. The highest BCUT2D eigenvalue weighted by Crippen LogP contribution is 2.27. The number of halogens is 1. The molecule has 1 atom stereocenters. The van der Waals surface area contributed by atoms with E-state index in [9.17, 15) is 0 Å². The van der Waals surface area contributed by atoms with Crippen molar-refractivity contribution < 1.29 is 4.84 Å². The van der Waals surface area contributed by atoms with Crippen LogP contribution in [0, 0.1) is 0 Å². The molecule has 0 saturated heterocycles. The molecular weight excluding hydrogens is 226 g/mol. The van der Waals surface area contributed by atoms with Crippen LogP contribution in [-0.4, -0.2) is 37.1 Å². The molecule has 1 aromatic carbocycles. The molecule has 0 bridgehead atoms. The van der Waals surface area contributed by atoms with E-state index in [1.807, 2.05) is 50.3 Å². The minimum absolute atomic E-state index is 0.102. The predicted molar refractivity (Wildman–Crippen MR) is 64.2 cm³/mol. The summed E-state index contributed by atoms with van der Waals surface area (Å²) in [5.41, 5.74) is 1.06. The first-order chi connectivity index (χ1) is 7.58. The first kappa shape index (κ1) is 11.2.